The number of hydrogen-bond donors (Lipinski definition) is 0. The minimum atomic E-state index is -4.56. The summed E-state index contributed by atoms with van der Waals surface area (Å²) in [5, 5.41) is 0. The van der Waals surface area contributed by atoms with Gasteiger partial charge in [-0.1, -0.05) is 0 Å². The van der Waals surface area contributed by atoms with Crippen LogP contribution in [0.1, 0.15) is 28.5 Å². The largest absolute Gasteiger partial charge is 0.462 e. The number of esters is 1. The summed E-state index contributed by atoms with van der Waals surface area (Å²) in [5.74, 6) is -0.770. The molecule has 6 heteroatoms. The Balaban J connectivity index is 3.14. The first kappa shape index (κ1) is 12.5. The maximum Gasteiger partial charge on any atom is 0.433 e. The Labute approximate surface area is 90.2 Å². The number of hydrogen-bond acceptors (Lipinski definition) is 3. The van der Waals surface area contributed by atoms with Crippen molar-refractivity contribution in [2.75, 3.05) is 6.61 Å². The van der Waals surface area contributed by atoms with Gasteiger partial charge >= 0.3 is 12.1 Å². The highest BCUT2D eigenvalue weighted by molar-refractivity contribution is 5.91. The summed E-state index contributed by atoms with van der Waals surface area (Å²) in [4.78, 5) is 14.5. The normalized spacial score (nSPS) is 11.3. The van der Waals surface area contributed by atoms with Crippen LogP contribution in [0.4, 0.5) is 13.2 Å². The van der Waals surface area contributed by atoms with Gasteiger partial charge in [-0.2, -0.15) is 13.2 Å². The Morgan fingerprint density at radius 2 is 2.12 bits per heavy atom. The van der Waals surface area contributed by atoms with E-state index < -0.39 is 17.8 Å². The topological polar surface area (TPSA) is 39.2 Å². The van der Waals surface area contributed by atoms with E-state index >= 15 is 0 Å². The maximum absolute atomic E-state index is 12.3. The van der Waals surface area contributed by atoms with Crippen LogP contribution in [0.15, 0.2) is 12.3 Å². The number of alkyl halides is 3. The number of pyridine rings is 1. The van der Waals surface area contributed by atoms with Crippen LogP contribution in [0.2, 0.25) is 0 Å². The van der Waals surface area contributed by atoms with Gasteiger partial charge in [-0.05, 0) is 25.5 Å². The predicted molar refractivity (Wildman–Crippen MR) is 49.9 cm³/mol. The fourth-order valence-corrected chi connectivity index (χ4v) is 1.11. The first-order valence-electron chi connectivity index (χ1n) is 4.57. The van der Waals surface area contributed by atoms with Crippen molar-refractivity contribution in [3.8, 4) is 0 Å². The van der Waals surface area contributed by atoms with Crippen molar-refractivity contribution >= 4 is 5.97 Å². The molecule has 0 aliphatic rings. The molecule has 1 aromatic heterocycles. The van der Waals surface area contributed by atoms with Crippen molar-refractivity contribution in [2.45, 2.75) is 20.0 Å². The van der Waals surface area contributed by atoms with Crippen LogP contribution >= 0.6 is 0 Å². The molecule has 1 aromatic rings. The SMILES string of the molecule is CCOC(=O)c1cc(C(F)(F)F)ncc1C. The second-order valence-corrected chi connectivity index (χ2v) is 3.10. The van der Waals surface area contributed by atoms with Crippen molar-refractivity contribution in [3.63, 3.8) is 0 Å². The molecule has 3 nitrogen and oxygen atoms in total. The molecule has 1 heterocycles. The quantitative estimate of drug-likeness (QED) is 0.737. The van der Waals surface area contributed by atoms with E-state index in [-0.39, 0.29) is 12.2 Å². The van der Waals surface area contributed by atoms with E-state index in [0.29, 0.717) is 11.6 Å². The molecule has 0 saturated heterocycles. The van der Waals surface area contributed by atoms with E-state index in [9.17, 15) is 18.0 Å². The summed E-state index contributed by atoms with van der Waals surface area (Å²) < 4.78 is 41.6. The number of aromatic nitrogens is 1. The zero-order valence-corrected chi connectivity index (χ0v) is 8.76. The van der Waals surface area contributed by atoms with Crippen LogP contribution in [0.5, 0.6) is 0 Å². The Kier molecular flexibility index (Phi) is 3.51. The molecule has 1 rings (SSSR count). The molecule has 0 fully saturated rings. The van der Waals surface area contributed by atoms with Gasteiger partial charge in [0.15, 0.2) is 0 Å². The summed E-state index contributed by atoms with van der Waals surface area (Å²) in [6, 6.07) is 0.702. The lowest BCUT2D eigenvalue weighted by Gasteiger charge is -2.09. The van der Waals surface area contributed by atoms with Gasteiger partial charge < -0.3 is 4.74 Å². The Bertz CT molecular complexity index is 402. The van der Waals surface area contributed by atoms with Crippen LogP contribution in [-0.2, 0) is 10.9 Å². The highest BCUT2D eigenvalue weighted by Gasteiger charge is 2.33. The molecule has 0 atom stereocenters. The first-order chi connectivity index (χ1) is 7.36. The van der Waals surface area contributed by atoms with Gasteiger partial charge in [0.1, 0.15) is 5.69 Å². The molecule has 16 heavy (non-hydrogen) atoms. The van der Waals surface area contributed by atoms with Gasteiger partial charge in [0.2, 0.25) is 0 Å². The molecule has 0 spiro atoms. The lowest BCUT2D eigenvalue weighted by molar-refractivity contribution is -0.141. The number of halogens is 3. The number of aryl methyl sites for hydroxylation is 1. The number of carbonyl (C=O) groups is 1. The molecule has 0 bridgehead atoms. The molecule has 0 aliphatic heterocycles. The van der Waals surface area contributed by atoms with E-state index in [1.165, 1.54) is 6.92 Å². The Hall–Kier alpha value is -1.59. The standard InChI is InChI=1S/C10H10F3NO2/c1-3-16-9(15)7-4-8(10(11,12)13)14-5-6(7)2/h4-5H,3H2,1-2H3. The number of nitrogens with zero attached hydrogens (tertiary/aromatic N) is 1. The lowest BCUT2D eigenvalue weighted by Crippen LogP contribution is -2.13. The zero-order chi connectivity index (χ0) is 12.3. The summed E-state index contributed by atoms with van der Waals surface area (Å²) >= 11 is 0. The van der Waals surface area contributed by atoms with Crippen molar-refractivity contribution < 1.29 is 22.7 Å². The average Bonchev–Trinajstić information content (AvgIpc) is 2.16. The molecule has 0 radical (unpaired) electrons. The molecule has 0 amide bonds. The lowest BCUT2D eigenvalue weighted by atomic mass is 10.1. The van der Waals surface area contributed by atoms with E-state index in [1.54, 1.807) is 6.92 Å². The van der Waals surface area contributed by atoms with Crippen molar-refractivity contribution in [1.82, 2.24) is 4.98 Å². The number of rotatable bonds is 2. The predicted octanol–water partition coefficient (Wildman–Crippen LogP) is 2.59. The number of carbonyl (C=O) groups excluding carboxylic acids is 1. The Morgan fingerprint density at radius 1 is 1.50 bits per heavy atom. The van der Waals surface area contributed by atoms with Crippen molar-refractivity contribution in [1.29, 1.82) is 0 Å². The highest BCUT2D eigenvalue weighted by Crippen LogP contribution is 2.28. The van der Waals surface area contributed by atoms with E-state index in [2.05, 4.69) is 9.72 Å². The molecular weight excluding hydrogens is 223 g/mol. The van der Waals surface area contributed by atoms with Crippen LogP contribution in [0.25, 0.3) is 0 Å². The van der Waals surface area contributed by atoms with Gasteiger partial charge in [0.25, 0.3) is 0 Å². The van der Waals surface area contributed by atoms with Crippen LogP contribution in [0.3, 0.4) is 0 Å². The third kappa shape index (κ3) is 2.71. The highest BCUT2D eigenvalue weighted by atomic mass is 19.4. The van der Waals surface area contributed by atoms with Gasteiger partial charge in [-0.25, -0.2) is 4.79 Å². The summed E-state index contributed by atoms with van der Waals surface area (Å²) in [6.45, 7) is 3.19. The van der Waals surface area contributed by atoms with E-state index in [0.717, 1.165) is 6.20 Å². The third-order valence-corrected chi connectivity index (χ3v) is 1.89. The molecule has 0 saturated carbocycles. The molecule has 0 unspecified atom stereocenters. The average molecular weight is 233 g/mol. The minimum absolute atomic E-state index is 0.107. The maximum atomic E-state index is 12.3. The van der Waals surface area contributed by atoms with Gasteiger partial charge in [0, 0.05) is 6.20 Å². The number of ether oxygens (including phenoxy) is 1. The zero-order valence-electron chi connectivity index (χ0n) is 8.76. The summed E-state index contributed by atoms with van der Waals surface area (Å²) in [7, 11) is 0. The van der Waals surface area contributed by atoms with Crippen molar-refractivity contribution in [2.24, 2.45) is 0 Å². The van der Waals surface area contributed by atoms with Crippen LogP contribution in [-0.4, -0.2) is 17.6 Å². The smallest absolute Gasteiger partial charge is 0.433 e. The molecule has 88 valence electrons. The fraction of sp³-hybridized carbons (Fsp3) is 0.400. The van der Waals surface area contributed by atoms with Gasteiger partial charge in [0.05, 0.1) is 12.2 Å². The first-order valence-corrected chi connectivity index (χ1v) is 4.57. The molecular formula is C10H10F3NO2. The van der Waals surface area contributed by atoms with E-state index in [4.69, 9.17) is 0 Å². The van der Waals surface area contributed by atoms with Gasteiger partial charge in [-0.15, -0.1) is 0 Å². The second-order valence-electron chi connectivity index (χ2n) is 3.10. The third-order valence-electron chi connectivity index (χ3n) is 1.89. The summed E-state index contributed by atoms with van der Waals surface area (Å²) in [5.41, 5.74) is -0.850. The molecule has 0 aliphatic carbocycles. The van der Waals surface area contributed by atoms with E-state index in [1.807, 2.05) is 0 Å². The van der Waals surface area contributed by atoms with Crippen LogP contribution < -0.4 is 0 Å². The summed E-state index contributed by atoms with van der Waals surface area (Å²) in [6.07, 6.45) is -3.55. The molecule has 0 N–H and O–H groups in total. The van der Waals surface area contributed by atoms with Crippen molar-refractivity contribution in [3.05, 3.63) is 29.1 Å². The molecule has 0 aromatic carbocycles. The Morgan fingerprint density at radius 3 is 2.62 bits per heavy atom. The minimum Gasteiger partial charge on any atom is -0.462 e. The van der Waals surface area contributed by atoms with Crippen LogP contribution in [0, 0.1) is 6.92 Å². The van der Waals surface area contributed by atoms with Gasteiger partial charge in [-0.3, -0.25) is 4.98 Å². The second kappa shape index (κ2) is 4.51. The monoisotopic (exact) mass is 233 g/mol. The fourth-order valence-electron chi connectivity index (χ4n) is 1.11.